The lowest BCUT2D eigenvalue weighted by Crippen LogP contribution is -2.05. The van der Waals surface area contributed by atoms with Crippen molar-refractivity contribution < 1.29 is 18.7 Å². The molecule has 0 aliphatic rings. The number of hydrogen-bond donors (Lipinski definition) is 2. The number of nitrogens with one attached hydrogen (secondary N) is 1. The van der Waals surface area contributed by atoms with E-state index in [0.717, 1.165) is 18.2 Å². The highest BCUT2D eigenvalue weighted by molar-refractivity contribution is 5.88. The summed E-state index contributed by atoms with van der Waals surface area (Å²) in [5, 5.41) is 11.8. The number of pyridine rings is 1. The molecule has 0 saturated carbocycles. The van der Waals surface area contributed by atoms with Crippen LogP contribution in [0.1, 0.15) is 35.8 Å². The van der Waals surface area contributed by atoms with E-state index in [1.54, 1.807) is 0 Å². The number of benzene rings is 1. The summed E-state index contributed by atoms with van der Waals surface area (Å²) in [5.74, 6) is -2.29. The van der Waals surface area contributed by atoms with Crippen LogP contribution in [-0.4, -0.2) is 16.1 Å². The number of carboxylic acids is 1. The normalized spacial score (nSPS) is 10.7. The third kappa shape index (κ3) is 3.75. The fraction of sp³-hybridized carbons (Fsp3) is 0.200. The van der Waals surface area contributed by atoms with Crippen LogP contribution < -0.4 is 5.32 Å². The molecule has 0 bridgehead atoms. The SMILES string of the molecule is CC(C)c1cc(C(=O)O)cc(Nc2cc(F)cc(F)c2)n1. The zero-order chi connectivity index (χ0) is 15.6. The molecule has 0 aliphatic carbocycles. The van der Waals surface area contributed by atoms with Crippen LogP contribution in [0.25, 0.3) is 0 Å². The molecule has 0 radical (unpaired) electrons. The quantitative estimate of drug-likeness (QED) is 0.896. The fourth-order valence-corrected chi connectivity index (χ4v) is 1.81. The second-order valence-corrected chi connectivity index (χ2v) is 4.91. The van der Waals surface area contributed by atoms with Gasteiger partial charge in [0.15, 0.2) is 0 Å². The molecule has 21 heavy (non-hydrogen) atoms. The lowest BCUT2D eigenvalue weighted by molar-refractivity contribution is 0.0696. The first-order chi connectivity index (χ1) is 9.85. The van der Waals surface area contributed by atoms with Gasteiger partial charge in [-0.1, -0.05) is 13.8 Å². The molecule has 0 unspecified atom stereocenters. The zero-order valence-electron chi connectivity index (χ0n) is 11.5. The fourth-order valence-electron chi connectivity index (χ4n) is 1.81. The predicted molar refractivity (Wildman–Crippen MR) is 74.9 cm³/mol. The van der Waals surface area contributed by atoms with E-state index in [2.05, 4.69) is 10.3 Å². The average Bonchev–Trinajstić information content (AvgIpc) is 2.36. The molecule has 1 aromatic heterocycles. The number of anilines is 2. The Kier molecular flexibility index (Phi) is 4.16. The van der Waals surface area contributed by atoms with Crippen LogP contribution in [0.4, 0.5) is 20.3 Å². The topological polar surface area (TPSA) is 62.2 Å². The van der Waals surface area contributed by atoms with Gasteiger partial charge in [0.25, 0.3) is 0 Å². The molecule has 1 heterocycles. The first-order valence-corrected chi connectivity index (χ1v) is 6.33. The highest BCUT2D eigenvalue weighted by Gasteiger charge is 2.11. The number of carbonyl (C=O) groups is 1. The Morgan fingerprint density at radius 3 is 2.29 bits per heavy atom. The highest BCUT2D eigenvalue weighted by Crippen LogP contribution is 2.22. The Morgan fingerprint density at radius 1 is 1.14 bits per heavy atom. The average molecular weight is 292 g/mol. The van der Waals surface area contributed by atoms with Crippen molar-refractivity contribution in [2.24, 2.45) is 0 Å². The van der Waals surface area contributed by atoms with Crippen LogP contribution in [0.15, 0.2) is 30.3 Å². The van der Waals surface area contributed by atoms with E-state index < -0.39 is 17.6 Å². The standard InChI is InChI=1S/C15H14F2N2O2/c1-8(2)13-3-9(15(20)21)4-14(19-13)18-12-6-10(16)5-11(17)7-12/h3-8H,1-2H3,(H,18,19)(H,20,21). The maximum absolute atomic E-state index is 13.2. The first kappa shape index (κ1) is 14.9. The summed E-state index contributed by atoms with van der Waals surface area (Å²) in [7, 11) is 0. The Hall–Kier alpha value is -2.50. The van der Waals surface area contributed by atoms with Crippen molar-refractivity contribution in [2.45, 2.75) is 19.8 Å². The maximum atomic E-state index is 13.2. The van der Waals surface area contributed by atoms with E-state index in [-0.39, 0.29) is 23.0 Å². The molecule has 0 amide bonds. The van der Waals surface area contributed by atoms with Crippen molar-refractivity contribution in [1.82, 2.24) is 4.98 Å². The molecular formula is C15H14F2N2O2. The molecule has 0 spiro atoms. The van der Waals surface area contributed by atoms with Crippen LogP contribution in [0.3, 0.4) is 0 Å². The smallest absolute Gasteiger partial charge is 0.335 e. The number of nitrogens with zero attached hydrogens (tertiary/aromatic N) is 1. The predicted octanol–water partition coefficient (Wildman–Crippen LogP) is 3.93. The van der Waals surface area contributed by atoms with E-state index in [1.807, 2.05) is 13.8 Å². The van der Waals surface area contributed by atoms with E-state index >= 15 is 0 Å². The molecule has 0 aliphatic heterocycles. The third-order valence-electron chi connectivity index (χ3n) is 2.82. The van der Waals surface area contributed by atoms with Crippen LogP contribution in [0.5, 0.6) is 0 Å². The highest BCUT2D eigenvalue weighted by atomic mass is 19.1. The van der Waals surface area contributed by atoms with Crippen molar-refractivity contribution in [1.29, 1.82) is 0 Å². The molecule has 2 rings (SSSR count). The third-order valence-corrected chi connectivity index (χ3v) is 2.82. The van der Waals surface area contributed by atoms with Crippen molar-refractivity contribution in [2.75, 3.05) is 5.32 Å². The lowest BCUT2D eigenvalue weighted by atomic mass is 10.1. The van der Waals surface area contributed by atoms with Gasteiger partial charge in [0.1, 0.15) is 17.5 Å². The Labute approximate surface area is 120 Å². The van der Waals surface area contributed by atoms with Gasteiger partial charge in [0.2, 0.25) is 0 Å². The minimum Gasteiger partial charge on any atom is -0.478 e. The molecule has 0 saturated heterocycles. The zero-order valence-corrected chi connectivity index (χ0v) is 11.5. The lowest BCUT2D eigenvalue weighted by Gasteiger charge is -2.11. The summed E-state index contributed by atoms with van der Waals surface area (Å²) < 4.78 is 26.3. The van der Waals surface area contributed by atoms with Gasteiger partial charge in [-0.3, -0.25) is 0 Å². The van der Waals surface area contributed by atoms with Gasteiger partial charge in [0.05, 0.1) is 5.56 Å². The summed E-state index contributed by atoms with van der Waals surface area (Å²) in [6, 6.07) is 5.76. The molecule has 6 heteroatoms. The van der Waals surface area contributed by atoms with Crippen LogP contribution >= 0.6 is 0 Å². The van der Waals surface area contributed by atoms with E-state index in [0.29, 0.717) is 5.69 Å². The van der Waals surface area contributed by atoms with Crippen LogP contribution in [0.2, 0.25) is 0 Å². The summed E-state index contributed by atoms with van der Waals surface area (Å²) in [5.41, 5.74) is 0.805. The summed E-state index contributed by atoms with van der Waals surface area (Å²) in [6.07, 6.45) is 0. The van der Waals surface area contributed by atoms with Gasteiger partial charge >= 0.3 is 5.97 Å². The molecule has 0 fully saturated rings. The van der Waals surface area contributed by atoms with Gasteiger partial charge in [-0.15, -0.1) is 0 Å². The summed E-state index contributed by atoms with van der Waals surface area (Å²) >= 11 is 0. The van der Waals surface area contributed by atoms with Gasteiger partial charge in [-0.2, -0.15) is 0 Å². The molecule has 2 N–H and O–H groups in total. The maximum Gasteiger partial charge on any atom is 0.335 e. The van der Waals surface area contributed by atoms with E-state index in [4.69, 9.17) is 5.11 Å². The van der Waals surface area contributed by atoms with Gasteiger partial charge < -0.3 is 10.4 Å². The number of aromatic nitrogens is 1. The molecular weight excluding hydrogens is 278 g/mol. The second-order valence-electron chi connectivity index (χ2n) is 4.91. The Morgan fingerprint density at radius 2 is 1.76 bits per heavy atom. The van der Waals surface area contributed by atoms with E-state index in [1.165, 1.54) is 12.1 Å². The number of carboxylic acid groups (broad SMARTS) is 1. The summed E-state index contributed by atoms with van der Waals surface area (Å²) in [4.78, 5) is 15.4. The first-order valence-electron chi connectivity index (χ1n) is 6.33. The van der Waals surface area contributed by atoms with Crippen molar-refractivity contribution in [3.8, 4) is 0 Å². The second kappa shape index (κ2) is 5.87. The van der Waals surface area contributed by atoms with Gasteiger partial charge in [-0.25, -0.2) is 18.6 Å². The molecule has 4 nitrogen and oxygen atoms in total. The minimum absolute atomic E-state index is 0.0223. The largest absolute Gasteiger partial charge is 0.478 e. The van der Waals surface area contributed by atoms with Crippen LogP contribution in [-0.2, 0) is 0 Å². The van der Waals surface area contributed by atoms with Crippen LogP contribution in [0, 0.1) is 11.6 Å². The number of hydrogen-bond acceptors (Lipinski definition) is 3. The van der Waals surface area contributed by atoms with Gasteiger partial charge in [0, 0.05) is 17.4 Å². The molecule has 2 aromatic rings. The minimum atomic E-state index is -1.09. The van der Waals surface area contributed by atoms with Crippen molar-refractivity contribution >= 4 is 17.5 Å². The number of halogens is 2. The van der Waals surface area contributed by atoms with Crippen molar-refractivity contribution in [3.63, 3.8) is 0 Å². The number of rotatable bonds is 4. The Bertz CT molecular complexity index is 667. The molecule has 1 aromatic carbocycles. The number of aromatic carboxylic acids is 1. The molecule has 110 valence electrons. The monoisotopic (exact) mass is 292 g/mol. The molecule has 0 atom stereocenters. The Balaban J connectivity index is 2.40. The van der Waals surface area contributed by atoms with Crippen molar-refractivity contribution in [3.05, 3.63) is 53.2 Å². The summed E-state index contributed by atoms with van der Waals surface area (Å²) in [6.45, 7) is 3.75. The van der Waals surface area contributed by atoms with E-state index in [9.17, 15) is 13.6 Å². The van der Waals surface area contributed by atoms with Gasteiger partial charge in [-0.05, 0) is 30.2 Å².